The molecule has 2 N–H and O–H groups in total. The summed E-state index contributed by atoms with van der Waals surface area (Å²) in [4.78, 5) is 11.8. The maximum atomic E-state index is 11.8. The summed E-state index contributed by atoms with van der Waals surface area (Å²) in [5.41, 5.74) is 5.89. The molecule has 2 aliphatic carbocycles. The van der Waals surface area contributed by atoms with E-state index in [-0.39, 0.29) is 11.1 Å². The molecule has 2 bridgehead atoms. The van der Waals surface area contributed by atoms with E-state index in [1.165, 1.54) is 0 Å². The Hall–Kier alpha value is -1.29. The third-order valence-corrected chi connectivity index (χ3v) is 3.97. The smallest absolute Gasteiger partial charge is 0.274 e. The number of hydrogen-bond acceptors (Lipinski definition) is 3. The highest BCUT2D eigenvalue weighted by Crippen LogP contribution is 2.82. The van der Waals surface area contributed by atoms with Crippen LogP contribution in [0.3, 0.4) is 0 Å². The van der Waals surface area contributed by atoms with Gasteiger partial charge in [0.15, 0.2) is 0 Å². The third kappa shape index (κ3) is 0.483. The van der Waals surface area contributed by atoms with Crippen LogP contribution in [0.1, 0.15) is 0 Å². The predicted octanol–water partition coefficient (Wildman–Crippen LogP) is -0.216. The van der Waals surface area contributed by atoms with Gasteiger partial charge in [0.25, 0.3) is 5.56 Å². The van der Waals surface area contributed by atoms with Crippen LogP contribution in [-0.2, 0) is 10.3 Å². The first-order chi connectivity index (χ1) is 6.78. The SMILES string of the molecule is Nc1cccn([C@]23C4OC[C@@H]2[C@H]43)c1=O. The van der Waals surface area contributed by atoms with E-state index in [1.807, 2.05) is 12.3 Å². The quantitative estimate of drug-likeness (QED) is 0.666. The zero-order chi connectivity index (χ0) is 9.50. The molecule has 4 nitrogen and oxygen atoms in total. The average molecular weight is 190 g/mol. The molecule has 1 aromatic rings. The van der Waals surface area contributed by atoms with Gasteiger partial charge in [-0.25, -0.2) is 0 Å². The van der Waals surface area contributed by atoms with Crippen LogP contribution in [0, 0.1) is 11.8 Å². The van der Waals surface area contributed by atoms with Gasteiger partial charge in [-0.05, 0) is 12.1 Å². The number of aromatic nitrogens is 1. The lowest BCUT2D eigenvalue weighted by Crippen LogP contribution is -2.30. The van der Waals surface area contributed by atoms with E-state index in [1.54, 1.807) is 10.6 Å². The summed E-state index contributed by atoms with van der Waals surface area (Å²) < 4.78 is 7.30. The lowest BCUT2D eigenvalue weighted by Gasteiger charge is -2.10. The molecule has 2 aliphatic heterocycles. The number of anilines is 1. The number of rotatable bonds is 1. The Bertz CT molecular complexity index is 472. The zero-order valence-corrected chi connectivity index (χ0v) is 7.51. The molecule has 0 radical (unpaired) electrons. The largest absolute Gasteiger partial charge is 0.394 e. The molecular weight excluding hydrogens is 180 g/mol. The van der Waals surface area contributed by atoms with Crippen molar-refractivity contribution >= 4 is 5.69 Å². The number of nitrogens with zero attached hydrogens (tertiary/aromatic N) is 1. The van der Waals surface area contributed by atoms with Crippen molar-refractivity contribution < 1.29 is 4.74 Å². The molecule has 4 heteroatoms. The van der Waals surface area contributed by atoms with E-state index in [4.69, 9.17) is 10.5 Å². The Labute approximate surface area is 80.3 Å². The van der Waals surface area contributed by atoms with Crippen LogP contribution in [0.25, 0.3) is 0 Å². The number of pyridine rings is 1. The van der Waals surface area contributed by atoms with Crippen LogP contribution in [0.15, 0.2) is 23.1 Å². The van der Waals surface area contributed by atoms with Crippen LogP contribution >= 0.6 is 0 Å². The minimum absolute atomic E-state index is 0.0203. The number of fused-ring (bicyclic) bond motifs is 1. The molecular formula is C10H10N2O2. The van der Waals surface area contributed by atoms with Gasteiger partial charge in [-0.3, -0.25) is 4.79 Å². The van der Waals surface area contributed by atoms with Gasteiger partial charge >= 0.3 is 0 Å². The number of nitrogens with two attached hydrogens (primary N) is 1. The van der Waals surface area contributed by atoms with E-state index in [2.05, 4.69) is 0 Å². The molecule has 72 valence electrons. The van der Waals surface area contributed by atoms with Gasteiger partial charge in [0.2, 0.25) is 0 Å². The molecule has 1 aromatic heterocycles. The van der Waals surface area contributed by atoms with Crippen LogP contribution in [0.4, 0.5) is 5.69 Å². The Kier molecular flexibility index (Phi) is 0.882. The summed E-state index contributed by atoms with van der Waals surface area (Å²) in [5, 5.41) is 0. The summed E-state index contributed by atoms with van der Waals surface area (Å²) >= 11 is 0. The molecule has 2 saturated carbocycles. The van der Waals surface area contributed by atoms with Crippen molar-refractivity contribution in [2.24, 2.45) is 11.8 Å². The monoisotopic (exact) mass is 190 g/mol. The van der Waals surface area contributed by atoms with Crippen molar-refractivity contribution in [2.45, 2.75) is 11.6 Å². The van der Waals surface area contributed by atoms with Gasteiger partial charge in [-0.2, -0.15) is 0 Å². The number of hydrogen-bond donors (Lipinski definition) is 1. The summed E-state index contributed by atoms with van der Waals surface area (Å²) in [7, 11) is 0. The molecule has 1 unspecified atom stereocenters. The zero-order valence-electron chi connectivity index (χ0n) is 7.51. The van der Waals surface area contributed by atoms with Crippen molar-refractivity contribution in [3.05, 3.63) is 28.7 Å². The normalized spacial score (nSPS) is 46.1. The fourth-order valence-electron chi connectivity index (χ4n) is 3.16. The van der Waals surface area contributed by atoms with E-state index in [9.17, 15) is 4.79 Å². The second-order valence-electron chi connectivity index (χ2n) is 4.41. The minimum Gasteiger partial charge on any atom is -0.394 e. The molecule has 0 amide bonds. The Morgan fingerprint density at radius 1 is 1.64 bits per heavy atom. The van der Waals surface area contributed by atoms with Crippen molar-refractivity contribution in [3.63, 3.8) is 0 Å². The maximum Gasteiger partial charge on any atom is 0.274 e. The van der Waals surface area contributed by atoms with Gasteiger partial charge in [0.1, 0.15) is 0 Å². The highest BCUT2D eigenvalue weighted by atomic mass is 16.5. The fraction of sp³-hybridized carbons (Fsp3) is 0.500. The van der Waals surface area contributed by atoms with E-state index < -0.39 is 0 Å². The van der Waals surface area contributed by atoms with Crippen molar-refractivity contribution in [2.75, 3.05) is 12.3 Å². The third-order valence-electron chi connectivity index (χ3n) is 3.97. The summed E-state index contributed by atoms with van der Waals surface area (Å²) in [5.74, 6) is 1.17. The van der Waals surface area contributed by atoms with Gasteiger partial charge in [-0.1, -0.05) is 0 Å². The molecule has 14 heavy (non-hydrogen) atoms. The van der Waals surface area contributed by atoms with Crippen LogP contribution < -0.4 is 11.3 Å². The van der Waals surface area contributed by atoms with E-state index in [0.717, 1.165) is 6.61 Å². The standard InChI is InChI=1S/C10H10N2O2/c11-6-2-1-3-12(9(6)13)10-5-4-14-8(10)7(5)10/h1-3,5,7-8H,4,11H2/t5-,7-,8?,10-/m1/s1. The van der Waals surface area contributed by atoms with Crippen LogP contribution in [-0.4, -0.2) is 17.3 Å². The lowest BCUT2D eigenvalue weighted by molar-refractivity contribution is 0.168. The molecule has 3 heterocycles. The molecule has 5 rings (SSSR count). The van der Waals surface area contributed by atoms with Crippen LogP contribution in [0.5, 0.6) is 0 Å². The van der Waals surface area contributed by atoms with Gasteiger partial charge in [-0.15, -0.1) is 0 Å². The molecule has 4 atom stereocenters. The molecule has 4 aliphatic rings. The summed E-state index contributed by atoms with van der Waals surface area (Å²) in [6.07, 6.45) is 2.13. The highest BCUT2D eigenvalue weighted by molar-refractivity contribution is 5.44. The first kappa shape index (κ1) is 7.06. The van der Waals surface area contributed by atoms with Gasteiger partial charge in [0, 0.05) is 18.0 Å². The highest BCUT2D eigenvalue weighted by Gasteiger charge is 2.93. The number of nitrogen functional groups attached to an aromatic ring is 1. The maximum absolute atomic E-state index is 11.8. The second-order valence-corrected chi connectivity index (χ2v) is 4.41. The molecule has 4 fully saturated rings. The van der Waals surface area contributed by atoms with Crippen molar-refractivity contribution in [1.82, 2.24) is 4.57 Å². The Morgan fingerprint density at radius 3 is 3.14 bits per heavy atom. The van der Waals surface area contributed by atoms with Gasteiger partial charge in [0.05, 0.1) is 23.9 Å². The average Bonchev–Trinajstić information content (AvgIpc) is 2.86. The fourth-order valence-corrected chi connectivity index (χ4v) is 3.16. The van der Waals surface area contributed by atoms with Gasteiger partial charge < -0.3 is 15.0 Å². The van der Waals surface area contributed by atoms with E-state index in [0.29, 0.717) is 23.6 Å². The van der Waals surface area contributed by atoms with E-state index >= 15 is 0 Å². The lowest BCUT2D eigenvalue weighted by atomic mass is 10.2. The molecule has 0 aromatic carbocycles. The Morgan fingerprint density at radius 2 is 2.50 bits per heavy atom. The second kappa shape index (κ2) is 1.75. The first-order valence-corrected chi connectivity index (χ1v) is 4.87. The summed E-state index contributed by atoms with van der Waals surface area (Å²) in [6.45, 7) is 0.816. The first-order valence-electron chi connectivity index (χ1n) is 4.87. The molecule has 2 saturated heterocycles. The minimum atomic E-state index is -0.0620. The van der Waals surface area contributed by atoms with Crippen molar-refractivity contribution in [1.29, 1.82) is 0 Å². The van der Waals surface area contributed by atoms with Crippen LogP contribution in [0.2, 0.25) is 0 Å². The topological polar surface area (TPSA) is 57.2 Å². The predicted molar refractivity (Wildman–Crippen MR) is 49.8 cm³/mol. The molecule has 0 spiro atoms. The number of ether oxygens (including phenoxy) is 1. The van der Waals surface area contributed by atoms with Crippen molar-refractivity contribution in [3.8, 4) is 0 Å². The summed E-state index contributed by atoms with van der Waals surface area (Å²) in [6, 6.07) is 3.48. The Balaban J connectivity index is 1.93.